The first-order valence-corrected chi connectivity index (χ1v) is 9.00. The maximum Gasteiger partial charge on any atom is 0.418 e. The quantitative estimate of drug-likeness (QED) is 0.714. The molecule has 3 aromatic rings. The van der Waals surface area contributed by atoms with Crippen molar-refractivity contribution in [2.24, 2.45) is 0 Å². The first kappa shape index (κ1) is 19.8. The number of hydrogen-bond acceptors (Lipinski definition) is 5. The lowest BCUT2D eigenvalue weighted by Crippen LogP contribution is -2.42. The van der Waals surface area contributed by atoms with Gasteiger partial charge >= 0.3 is 11.9 Å². The van der Waals surface area contributed by atoms with E-state index in [0.717, 1.165) is 32.8 Å². The lowest BCUT2D eigenvalue weighted by Gasteiger charge is -2.16. The Kier molecular flexibility index (Phi) is 5.11. The van der Waals surface area contributed by atoms with E-state index in [-0.39, 0.29) is 11.0 Å². The summed E-state index contributed by atoms with van der Waals surface area (Å²) in [6.07, 6.45) is -4.64. The van der Waals surface area contributed by atoms with E-state index in [2.05, 4.69) is 9.69 Å². The van der Waals surface area contributed by atoms with Gasteiger partial charge in [-0.05, 0) is 37.5 Å². The highest BCUT2D eigenvalue weighted by atomic mass is 32.1. The molecule has 0 unspecified atom stereocenters. The van der Waals surface area contributed by atoms with E-state index >= 15 is 0 Å². The van der Waals surface area contributed by atoms with Crippen LogP contribution in [-0.2, 0) is 17.5 Å². The van der Waals surface area contributed by atoms with Gasteiger partial charge in [-0.15, -0.1) is 0 Å². The summed E-state index contributed by atoms with van der Waals surface area (Å²) in [5.74, 6) is -0.833. The van der Waals surface area contributed by atoms with Crippen molar-refractivity contribution in [1.29, 1.82) is 0 Å². The second kappa shape index (κ2) is 7.23. The lowest BCUT2D eigenvalue weighted by molar-refractivity contribution is -0.137. The van der Waals surface area contributed by atoms with Crippen molar-refractivity contribution in [3.05, 3.63) is 56.0 Å². The third kappa shape index (κ3) is 3.57. The third-order valence-electron chi connectivity index (χ3n) is 4.02. The molecule has 1 aromatic carbocycles. The van der Waals surface area contributed by atoms with Crippen LogP contribution in [0.4, 0.5) is 18.9 Å². The van der Waals surface area contributed by atoms with Crippen LogP contribution in [0.25, 0.3) is 11.0 Å². The number of para-hydroxylation sites is 1. The highest BCUT2D eigenvalue weighted by Crippen LogP contribution is 2.34. The minimum atomic E-state index is -4.64. The number of rotatable bonds is 4. The Hall–Kier alpha value is -2.95. The lowest BCUT2D eigenvalue weighted by atomic mass is 10.1. The number of amides is 1. The van der Waals surface area contributed by atoms with E-state index in [1.807, 2.05) is 0 Å². The van der Waals surface area contributed by atoms with Crippen LogP contribution in [0, 0.1) is 0 Å². The fourth-order valence-electron chi connectivity index (χ4n) is 2.79. The standard InChI is InChI=1S/C17H15F3N4O3S/c1-9(2)24-15(26)14-12(8-28-22-14)23(16(24)27)7-13(25)21-11-6-4-3-5-10(11)17(18,19)20/h3-6,8-9H,7H2,1-2H3,(H,21,25). The van der Waals surface area contributed by atoms with Crippen LogP contribution >= 0.6 is 11.5 Å². The summed E-state index contributed by atoms with van der Waals surface area (Å²) in [5.41, 5.74) is -2.52. The summed E-state index contributed by atoms with van der Waals surface area (Å²) in [5, 5.41) is 3.63. The monoisotopic (exact) mass is 412 g/mol. The molecule has 11 heteroatoms. The fraction of sp³-hybridized carbons (Fsp3) is 0.294. The summed E-state index contributed by atoms with van der Waals surface area (Å²) in [7, 11) is 0. The predicted octanol–water partition coefficient (Wildman–Crippen LogP) is 2.86. The summed E-state index contributed by atoms with van der Waals surface area (Å²) in [6.45, 7) is 2.70. The molecule has 0 aliphatic heterocycles. The van der Waals surface area contributed by atoms with Crippen molar-refractivity contribution in [1.82, 2.24) is 13.5 Å². The van der Waals surface area contributed by atoms with Gasteiger partial charge in [-0.1, -0.05) is 12.1 Å². The van der Waals surface area contributed by atoms with E-state index in [1.165, 1.54) is 17.5 Å². The highest BCUT2D eigenvalue weighted by molar-refractivity contribution is 7.04. The maximum atomic E-state index is 13.1. The number of aromatic nitrogens is 3. The molecule has 2 heterocycles. The van der Waals surface area contributed by atoms with Gasteiger partial charge in [0.15, 0.2) is 5.52 Å². The Bertz CT molecular complexity index is 1160. The Morgan fingerprint density at radius 1 is 1.25 bits per heavy atom. The molecule has 0 atom stereocenters. The molecule has 28 heavy (non-hydrogen) atoms. The van der Waals surface area contributed by atoms with Crippen LogP contribution < -0.4 is 16.6 Å². The Morgan fingerprint density at radius 2 is 1.93 bits per heavy atom. The van der Waals surface area contributed by atoms with Crippen LogP contribution in [0.3, 0.4) is 0 Å². The van der Waals surface area contributed by atoms with Gasteiger partial charge in [0.05, 0.1) is 16.8 Å². The predicted molar refractivity (Wildman–Crippen MR) is 98.6 cm³/mol. The molecular formula is C17H15F3N4O3S. The zero-order valence-electron chi connectivity index (χ0n) is 14.8. The number of halogens is 3. The molecule has 1 N–H and O–H groups in total. The van der Waals surface area contributed by atoms with Crippen molar-refractivity contribution in [3.63, 3.8) is 0 Å². The van der Waals surface area contributed by atoms with Crippen molar-refractivity contribution in [2.75, 3.05) is 5.32 Å². The number of benzene rings is 1. The average molecular weight is 412 g/mol. The molecule has 0 aliphatic rings. The largest absolute Gasteiger partial charge is 0.418 e. The number of carbonyl (C=O) groups is 1. The van der Waals surface area contributed by atoms with E-state index in [1.54, 1.807) is 13.8 Å². The van der Waals surface area contributed by atoms with E-state index < -0.39 is 47.2 Å². The van der Waals surface area contributed by atoms with E-state index in [0.29, 0.717) is 0 Å². The Balaban J connectivity index is 2.01. The molecule has 0 radical (unpaired) electrons. The number of carbonyl (C=O) groups excluding carboxylic acids is 1. The molecule has 0 spiro atoms. The number of nitrogens with one attached hydrogen (secondary N) is 1. The first-order chi connectivity index (χ1) is 13.1. The zero-order chi connectivity index (χ0) is 20.6. The SMILES string of the molecule is CC(C)n1c(=O)c2nscc2n(CC(=O)Nc2ccccc2C(F)(F)F)c1=O. The molecule has 0 saturated heterocycles. The molecule has 1 amide bonds. The minimum Gasteiger partial charge on any atom is -0.324 e. The summed E-state index contributed by atoms with van der Waals surface area (Å²) < 4.78 is 45.2. The molecule has 7 nitrogen and oxygen atoms in total. The van der Waals surface area contributed by atoms with Crippen molar-refractivity contribution in [2.45, 2.75) is 32.6 Å². The Labute approximate surface area is 160 Å². The van der Waals surface area contributed by atoms with Gasteiger partial charge in [-0.25, -0.2) is 4.79 Å². The number of hydrogen-bond donors (Lipinski definition) is 1. The molecule has 0 aliphatic carbocycles. The van der Waals surface area contributed by atoms with Crippen LogP contribution in [0.5, 0.6) is 0 Å². The van der Waals surface area contributed by atoms with Crippen LogP contribution in [0.15, 0.2) is 39.2 Å². The normalized spacial score (nSPS) is 11.9. The number of nitrogens with zero attached hydrogens (tertiary/aromatic N) is 3. The fourth-order valence-corrected chi connectivity index (χ4v) is 3.45. The topological polar surface area (TPSA) is 86.0 Å². The van der Waals surface area contributed by atoms with Gasteiger partial charge in [-0.2, -0.15) is 17.5 Å². The van der Waals surface area contributed by atoms with Gasteiger partial charge in [0.1, 0.15) is 6.54 Å². The summed E-state index contributed by atoms with van der Waals surface area (Å²) >= 11 is 0.944. The van der Waals surface area contributed by atoms with Gasteiger partial charge in [0, 0.05) is 11.4 Å². The van der Waals surface area contributed by atoms with Crippen molar-refractivity contribution >= 4 is 34.2 Å². The van der Waals surface area contributed by atoms with Gasteiger partial charge in [0.2, 0.25) is 5.91 Å². The first-order valence-electron chi connectivity index (χ1n) is 8.16. The molecule has 0 saturated carbocycles. The Morgan fingerprint density at radius 3 is 2.57 bits per heavy atom. The van der Waals surface area contributed by atoms with Crippen molar-refractivity contribution in [3.8, 4) is 0 Å². The molecular weight excluding hydrogens is 397 g/mol. The third-order valence-corrected chi connectivity index (χ3v) is 4.64. The van der Waals surface area contributed by atoms with Crippen LogP contribution in [-0.4, -0.2) is 19.4 Å². The summed E-state index contributed by atoms with van der Waals surface area (Å²) in [6, 6.07) is 4.06. The number of alkyl halides is 3. The summed E-state index contributed by atoms with van der Waals surface area (Å²) in [4.78, 5) is 37.5. The molecule has 2 aromatic heterocycles. The number of fused-ring (bicyclic) bond motifs is 1. The smallest absolute Gasteiger partial charge is 0.324 e. The minimum absolute atomic E-state index is 0.0294. The molecule has 0 bridgehead atoms. The average Bonchev–Trinajstić information content (AvgIpc) is 3.08. The second-order valence-corrected chi connectivity index (χ2v) is 6.91. The number of anilines is 1. The molecule has 148 valence electrons. The van der Waals surface area contributed by atoms with Crippen molar-refractivity contribution < 1.29 is 18.0 Å². The van der Waals surface area contributed by atoms with Gasteiger partial charge < -0.3 is 5.32 Å². The van der Waals surface area contributed by atoms with E-state index in [9.17, 15) is 27.6 Å². The second-order valence-electron chi connectivity index (χ2n) is 6.28. The molecule has 3 rings (SSSR count). The van der Waals surface area contributed by atoms with Crippen LogP contribution in [0.2, 0.25) is 0 Å². The zero-order valence-corrected chi connectivity index (χ0v) is 15.6. The molecule has 0 fully saturated rings. The van der Waals surface area contributed by atoms with E-state index in [4.69, 9.17) is 0 Å². The maximum absolute atomic E-state index is 13.1. The van der Waals surface area contributed by atoms with Gasteiger partial charge in [-0.3, -0.25) is 18.7 Å². The van der Waals surface area contributed by atoms with Gasteiger partial charge in [0.25, 0.3) is 5.56 Å². The highest BCUT2D eigenvalue weighted by Gasteiger charge is 2.33. The van der Waals surface area contributed by atoms with Crippen LogP contribution in [0.1, 0.15) is 25.5 Å².